The van der Waals surface area contributed by atoms with E-state index in [1.165, 1.54) is 0 Å². The highest BCUT2D eigenvalue weighted by atomic mass is 79.9. The molecule has 0 saturated carbocycles. The van der Waals surface area contributed by atoms with Crippen molar-refractivity contribution in [2.75, 3.05) is 7.11 Å². The van der Waals surface area contributed by atoms with Gasteiger partial charge >= 0.3 is 0 Å². The van der Waals surface area contributed by atoms with Crippen LogP contribution in [-0.2, 0) is 6.54 Å². The zero-order chi connectivity index (χ0) is 13.8. The van der Waals surface area contributed by atoms with Gasteiger partial charge in [-0.2, -0.15) is 5.10 Å². The number of methoxy groups -OCH3 is 1. The largest absolute Gasteiger partial charge is 0.493 e. The number of aryl methyl sites for hydroxylation is 1. The first-order valence-corrected chi connectivity index (χ1v) is 7.68. The summed E-state index contributed by atoms with van der Waals surface area (Å²) in [7, 11) is 1.65. The van der Waals surface area contributed by atoms with E-state index in [0.29, 0.717) is 0 Å². The molecular weight excluding hydrogens is 328 g/mol. The molecule has 0 radical (unpaired) electrons. The van der Waals surface area contributed by atoms with Crippen LogP contribution in [0.5, 0.6) is 5.75 Å². The van der Waals surface area contributed by atoms with Gasteiger partial charge in [0.15, 0.2) is 5.75 Å². The predicted molar refractivity (Wildman–Crippen MR) is 80.3 cm³/mol. The van der Waals surface area contributed by atoms with Crippen LogP contribution in [-0.4, -0.2) is 16.9 Å². The average molecular weight is 345 g/mol. The molecule has 5 nitrogen and oxygen atoms in total. The topological polar surface area (TPSA) is 65.1 Å². The van der Waals surface area contributed by atoms with Crippen molar-refractivity contribution >= 4 is 27.3 Å². The van der Waals surface area contributed by atoms with Crippen LogP contribution in [0.15, 0.2) is 21.4 Å². The van der Waals surface area contributed by atoms with Gasteiger partial charge in [-0.25, -0.2) is 5.43 Å². The summed E-state index contributed by atoms with van der Waals surface area (Å²) in [6.07, 6.45) is 2.74. The predicted octanol–water partition coefficient (Wildman–Crippen LogP) is 2.68. The Balaban J connectivity index is 2.44. The Kier molecular flexibility index (Phi) is 4.98. The summed E-state index contributed by atoms with van der Waals surface area (Å²) >= 11 is 5.10. The minimum absolute atomic E-state index is 0.133. The smallest absolute Gasteiger partial charge is 0.161 e. The molecule has 19 heavy (non-hydrogen) atoms. The quantitative estimate of drug-likeness (QED) is 0.624. The Morgan fingerprint density at radius 3 is 2.95 bits per heavy atom. The Bertz CT molecular complexity index is 540. The van der Waals surface area contributed by atoms with E-state index in [2.05, 4.69) is 44.8 Å². The van der Waals surface area contributed by atoms with Crippen LogP contribution in [0.1, 0.15) is 30.6 Å². The van der Waals surface area contributed by atoms with E-state index in [1.807, 2.05) is 4.68 Å². The molecule has 2 heterocycles. The molecule has 104 valence electrons. The minimum Gasteiger partial charge on any atom is -0.493 e. The van der Waals surface area contributed by atoms with Crippen LogP contribution in [0.25, 0.3) is 0 Å². The van der Waals surface area contributed by atoms with E-state index < -0.39 is 0 Å². The number of ether oxygens (including phenoxy) is 1. The van der Waals surface area contributed by atoms with Gasteiger partial charge in [-0.1, -0.05) is 6.92 Å². The molecule has 2 aromatic heterocycles. The number of nitrogens with zero attached hydrogens (tertiary/aromatic N) is 2. The van der Waals surface area contributed by atoms with Crippen LogP contribution in [0.2, 0.25) is 0 Å². The number of nitrogens with two attached hydrogens (primary N) is 1. The van der Waals surface area contributed by atoms with Crippen molar-refractivity contribution in [3.63, 3.8) is 0 Å². The minimum atomic E-state index is -0.133. The van der Waals surface area contributed by atoms with E-state index in [4.69, 9.17) is 10.6 Å². The summed E-state index contributed by atoms with van der Waals surface area (Å²) in [4.78, 5) is 0. The van der Waals surface area contributed by atoms with Crippen molar-refractivity contribution < 1.29 is 4.74 Å². The number of aromatic nitrogens is 2. The second-order valence-electron chi connectivity index (χ2n) is 4.11. The zero-order valence-electron chi connectivity index (χ0n) is 10.9. The third kappa shape index (κ3) is 3.00. The molecule has 0 bridgehead atoms. The Morgan fingerprint density at radius 1 is 1.63 bits per heavy atom. The van der Waals surface area contributed by atoms with Crippen LogP contribution >= 0.6 is 27.3 Å². The van der Waals surface area contributed by atoms with Crippen LogP contribution in [0.3, 0.4) is 0 Å². The maximum atomic E-state index is 5.74. The van der Waals surface area contributed by atoms with E-state index in [-0.39, 0.29) is 6.04 Å². The van der Waals surface area contributed by atoms with Crippen LogP contribution < -0.4 is 16.0 Å². The molecule has 0 aliphatic rings. The van der Waals surface area contributed by atoms with Crippen molar-refractivity contribution in [2.24, 2.45) is 5.84 Å². The summed E-state index contributed by atoms with van der Waals surface area (Å²) in [5.74, 6) is 6.49. The van der Waals surface area contributed by atoms with E-state index in [0.717, 1.165) is 33.8 Å². The zero-order valence-corrected chi connectivity index (χ0v) is 13.3. The highest BCUT2D eigenvalue weighted by molar-refractivity contribution is 9.11. The van der Waals surface area contributed by atoms with E-state index >= 15 is 0 Å². The first kappa shape index (κ1) is 14.5. The van der Waals surface area contributed by atoms with Gasteiger partial charge in [0.25, 0.3) is 0 Å². The van der Waals surface area contributed by atoms with Crippen molar-refractivity contribution in [3.05, 3.63) is 32.7 Å². The van der Waals surface area contributed by atoms with Gasteiger partial charge in [-0.3, -0.25) is 10.5 Å². The van der Waals surface area contributed by atoms with Gasteiger partial charge in [0, 0.05) is 6.54 Å². The molecular formula is C12H17BrN4OS. The fraction of sp³-hybridized carbons (Fsp3) is 0.417. The molecule has 0 fully saturated rings. The number of hydrogen-bond acceptors (Lipinski definition) is 5. The van der Waals surface area contributed by atoms with Crippen molar-refractivity contribution in [2.45, 2.75) is 25.9 Å². The van der Waals surface area contributed by atoms with E-state index in [1.54, 1.807) is 24.6 Å². The Labute approximate surface area is 124 Å². The molecule has 7 heteroatoms. The summed E-state index contributed by atoms with van der Waals surface area (Å²) in [6, 6.07) is 1.92. The molecule has 2 aromatic rings. The lowest BCUT2D eigenvalue weighted by atomic mass is 10.1. The highest BCUT2D eigenvalue weighted by Crippen LogP contribution is 2.33. The lowest BCUT2D eigenvalue weighted by molar-refractivity contribution is 0.398. The van der Waals surface area contributed by atoms with Crippen molar-refractivity contribution in [1.82, 2.24) is 15.2 Å². The van der Waals surface area contributed by atoms with Crippen molar-refractivity contribution in [3.8, 4) is 5.75 Å². The summed E-state index contributed by atoms with van der Waals surface area (Å²) in [5, 5.41) is 6.43. The molecule has 0 aromatic carbocycles. The molecule has 3 N–H and O–H groups in total. The summed E-state index contributed by atoms with van der Waals surface area (Å²) in [5.41, 5.74) is 4.90. The number of halogens is 1. The van der Waals surface area contributed by atoms with Gasteiger partial charge in [0.05, 0.1) is 23.1 Å². The molecule has 0 aliphatic carbocycles. The number of thiophene rings is 1. The molecule has 0 aliphatic heterocycles. The lowest BCUT2D eigenvalue weighted by Gasteiger charge is -2.18. The maximum absolute atomic E-state index is 5.74. The highest BCUT2D eigenvalue weighted by Gasteiger charge is 2.23. The SMILES string of the molecule is CCCn1ncc(OC)c1C(NN)c1csc(Br)c1. The monoisotopic (exact) mass is 344 g/mol. The van der Waals surface area contributed by atoms with Gasteiger partial charge in [0.1, 0.15) is 5.69 Å². The van der Waals surface area contributed by atoms with Crippen molar-refractivity contribution in [1.29, 1.82) is 0 Å². The normalized spacial score (nSPS) is 12.6. The Morgan fingerprint density at radius 2 is 2.42 bits per heavy atom. The average Bonchev–Trinajstić information content (AvgIpc) is 2.99. The molecule has 0 saturated heterocycles. The maximum Gasteiger partial charge on any atom is 0.161 e. The number of hydrazine groups is 1. The molecule has 2 rings (SSSR count). The van der Waals surface area contributed by atoms with Gasteiger partial charge in [0.2, 0.25) is 0 Å². The summed E-state index contributed by atoms with van der Waals surface area (Å²) in [6.45, 7) is 2.95. The number of nitrogens with one attached hydrogen (secondary N) is 1. The Hall–Kier alpha value is -0.890. The van der Waals surface area contributed by atoms with Crippen LogP contribution in [0, 0.1) is 0 Å². The third-order valence-corrected chi connectivity index (χ3v) is 4.38. The third-order valence-electron chi connectivity index (χ3n) is 2.86. The van der Waals surface area contributed by atoms with Crippen LogP contribution in [0.4, 0.5) is 0 Å². The fourth-order valence-electron chi connectivity index (χ4n) is 2.02. The second kappa shape index (κ2) is 6.51. The first-order chi connectivity index (χ1) is 9.21. The van der Waals surface area contributed by atoms with E-state index in [9.17, 15) is 0 Å². The lowest BCUT2D eigenvalue weighted by Crippen LogP contribution is -2.30. The molecule has 1 unspecified atom stereocenters. The van der Waals surface area contributed by atoms with Gasteiger partial charge < -0.3 is 4.74 Å². The number of rotatable bonds is 6. The fourth-order valence-corrected chi connectivity index (χ4v) is 3.23. The standard InChI is InChI=1S/C12H17BrN4OS/c1-3-4-17-12(9(18-2)6-15-17)11(16-14)8-5-10(13)19-7-8/h5-7,11,16H,3-4,14H2,1-2H3. The number of hydrogen-bond donors (Lipinski definition) is 2. The second-order valence-corrected chi connectivity index (χ2v) is 6.40. The molecule has 0 amide bonds. The first-order valence-electron chi connectivity index (χ1n) is 6.01. The summed E-state index contributed by atoms with van der Waals surface area (Å²) < 4.78 is 8.41. The molecule has 0 spiro atoms. The van der Waals surface area contributed by atoms with Gasteiger partial charge in [-0.05, 0) is 39.4 Å². The van der Waals surface area contributed by atoms with Gasteiger partial charge in [-0.15, -0.1) is 11.3 Å². The molecule has 1 atom stereocenters.